The summed E-state index contributed by atoms with van der Waals surface area (Å²) in [5.74, 6) is 1.37. The number of carbonyl (C=O) groups is 1. The van der Waals surface area contributed by atoms with E-state index >= 15 is 0 Å². The van der Waals surface area contributed by atoms with Crippen molar-refractivity contribution in [2.45, 2.75) is 24.4 Å². The molecule has 1 aromatic heterocycles. The van der Waals surface area contributed by atoms with E-state index in [0.717, 1.165) is 27.1 Å². The number of nitrogens with one attached hydrogen (secondary N) is 1. The zero-order chi connectivity index (χ0) is 18.5. The van der Waals surface area contributed by atoms with E-state index in [2.05, 4.69) is 15.5 Å². The average Bonchev–Trinajstić information content (AvgIpc) is 2.99. The Labute approximate surface area is 161 Å². The molecule has 0 aliphatic carbocycles. The van der Waals surface area contributed by atoms with E-state index in [9.17, 15) is 4.79 Å². The van der Waals surface area contributed by atoms with Crippen LogP contribution in [-0.2, 0) is 19.3 Å². The van der Waals surface area contributed by atoms with Gasteiger partial charge in [0.05, 0.1) is 6.54 Å². The maximum Gasteiger partial charge on any atom is 0.251 e. The molecule has 0 bridgehead atoms. The molecule has 7 heteroatoms. The van der Waals surface area contributed by atoms with Gasteiger partial charge in [0, 0.05) is 23.4 Å². The van der Waals surface area contributed by atoms with Gasteiger partial charge in [-0.25, -0.2) is 0 Å². The molecule has 1 amide bonds. The van der Waals surface area contributed by atoms with Gasteiger partial charge in [0.25, 0.3) is 5.91 Å². The van der Waals surface area contributed by atoms with Crippen LogP contribution in [0.4, 0.5) is 0 Å². The number of amides is 1. The Hall–Kier alpha value is -2.31. The number of nitrogens with zero attached hydrogens (tertiary/aromatic N) is 3. The molecule has 1 heterocycles. The summed E-state index contributed by atoms with van der Waals surface area (Å²) in [7, 11) is 1.90. The zero-order valence-corrected chi connectivity index (χ0v) is 16.1. The highest BCUT2D eigenvalue weighted by atomic mass is 35.5. The van der Waals surface area contributed by atoms with Gasteiger partial charge in [-0.15, -0.1) is 10.2 Å². The van der Waals surface area contributed by atoms with Crippen LogP contribution >= 0.6 is 23.4 Å². The third-order valence-electron chi connectivity index (χ3n) is 3.89. The molecule has 3 aromatic rings. The number of hydrogen-bond donors (Lipinski definition) is 1. The first-order valence-corrected chi connectivity index (χ1v) is 9.49. The maximum atomic E-state index is 12.2. The van der Waals surface area contributed by atoms with Crippen LogP contribution in [-0.4, -0.2) is 20.7 Å². The fraction of sp³-hybridized carbons (Fsp3) is 0.211. The van der Waals surface area contributed by atoms with E-state index in [1.807, 2.05) is 61.0 Å². The van der Waals surface area contributed by atoms with E-state index in [4.69, 9.17) is 11.6 Å². The van der Waals surface area contributed by atoms with E-state index < -0.39 is 0 Å². The lowest BCUT2D eigenvalue weighted by Gasteiger charge is -2.07. The highest BCUT2D eigenvalue weighted by Crippen LogP contribution is 2.22. The monoisotopic (exact) mass is 386 g/mol. The average molecular weight is 387 g/mol. The Morgan fingerprint density at radius 2 is 1.96 bits per heavy atom. The van der Waals surface area contributed by atoms with Crippen molar-refractivity contribution in [2.75, 3.05) is 0 Å². The Kier molecular flexibility index (Phi) is 5.96. The molecule has 26 heavy (non-hydrogen) atoms. The largest absolute Gasteiger partial charge is 0.345 e. The van der Waals surface area contributed by atoms with Gasteiger partial charge >= 0.3 is 0 Å². The Bertz CT molecular complexity index is 908. The third kappa shape index (κ3) is 4.65. The molecular weight excluding hydrogens is 368 g/mol. The highest BCUT2D eigenvalue weighted by molar-refractivity contribution is 7.98. The van der Waals surface area contributed by atoms with Gasteiger partial charge in [0.1, 0.15) is 0 Å². The second-order valence-corrected chi connectivity index (χ2v) is 7.30. The molecule has 0 aliphatic rings. The van der Waals surface area contributed by atoms with Gasteiger partial charge in [-0.1, -0.05) is 53.2 Å². The standard InChI is InChI=1S/C19H19ClN4OS/c1-13-4-3-5-15(10-13)18(25)21-11-17-22-23-19(24(17)2)26-12-14-6-8-16(20)9-7-14/h3-10H,11-12H2,1-2H3,(H,21,25). The number of hydrogen-bond acceptors (Lipinski definition) is 4. The van der Waals surface area contributed by atoms with Crippen LogP contribution in [0.3, 0.4) is 0 Å². The summed E-state index contributed by atoms with van der Waals surface area (Å²) in [6.07, 6.45) is 0. The normalized spacial score (nSPS) is 10.7. The lowest BCUT2D eigenvalue weighted by atomic mass is 10.1. The number of halogens is 1. The van der Waals surface area contributed by atoms with Gasteiger partial charge in [-0.05, 0) is 36.8 Å². The molecule has 0 saturated carbocycles. The molecule has 134 valence electrons. The highest BCUT2D eigenvalue weighted by Gasteiger charge is 2.11. The van der Waals surface area contributed by atoms with Gasteiger partial charge in [-0.3, -0.25) is 4.79 Å². The zero-order valence-electron chi connectivity index (χ0n) is 14.6. The van der Waals surface area contributed by atoms with Crippen LogP contribution in [0, 0.1) is 6.92 Å². The summed E-state index contributed by atoms with van der Waals surface area (Å²) in [6.45, 7) is 2.29. The van der Waals surface area contributed by atoms with Crippen molar-refractivity contribution in [1.82, 2.24) is 20.1 Å². The minimum atomic E-state index is -0.118. The third-order valence-corrected chi connectivity index (χ3v) is 5.24. The summed E-state index contributed by atoms with van der Waals surface area (Å²) in [5.41, 5.74) is 2.86. The van der Waals surface area contributed by atoms with Crippen molar-refractivity contribution in [1.29, 1.82) is 0 Å². The van der Waals surface area contributed by atoms with Gasteiger partial charge in [0.2, 0.25) is 0 Å². The minimum Gasteiger partial charge on any atom is -0.345 e. The second-order valence-electron chi connectivity index (χ2n) is 5.93. The van der Waals surface area contributed by atoms with Crippen LogP contribution in [0.15, 0.2) is 53.7 Å². The van der Waals surface area contributed by atoms with Crippen molar-refractivity contribution >= 4 is 29.3 Å². The number of aryl methyl sites for hydroxylation is 1. The summed E-state index contributed by atoms with van der Waals surface area (Å²) in [6, 6.07) is 15.2. The first kappa shape index (κ1) is 18.5. The molecule has 1 N–H and O–H groups in total. The lowest BCUT2D eigenvalue weighted by molar-refractivity contribution is 0.0949. The van der Waals surface area contributed by atoms with Gasteiger partial charge < -0.3 is 9.88 Å². The Morgan fingerprint density at radius 3 is 2.69 bits per heavy atom. The van der Waals surface area contributed by atoms with Crippen molar-refractivity contribution in [2.24, 2.45) is 7.05 Å². The summed E-state index contributed by atoms with van der Waals surface area (Å²) in [4.78, 5) is 12.2. The predicted molar refractivity (Wildman–Crippen MR) is 104 cm³/mol. The van der Waals surface area contributed by atoms with Gasteiger partial charge in [0.15, 0.2) is 11.0 Å². The Balaban J connectivity index is 1.58. The Morgan fingerprint density at radius 1 is 1.19 bits per heavy atom. The molecule has 3 rings (SSSR count). The van der Waals surface area contributed by atoms with E-state index in [-0.39, 0.29) is 5.91 Å². The number of carbonyl (C=O) groups excluding carboxylic acids is 1. The minimum absolute atomic E-state index is 0.118. The summed E-state index contributed by atoms with van der Waals surface area (Å²) < 4.78 is 1.90. The smallest absolute Gasteiger partial charge is 0.251 e. The second kappa shape index (κ2) is 8.38. The van der Waals surface area contributed by atoms with Crippen molar-refractivity contribution in [3.8, 4) is 0 Å². The molecule has 0 radical (unpaired) electrons. The molecule has 0 unspecified atom stereocenters. The molecule has 5 nitrogen and oxygen atoms in total. The van der Waals surface area contributed by atoms with Crippen LogP contribution in [0.1, 0.15) is 27.3 Å². The topological polar surface area (TPSA) is 59.8 Å². The number of thioether (sulfide) groups is 1. The van der Waals surface area contributed by atoms with Gasteiger partial charge in [-0.2, -0.15) is 0 Å². The van der Waals surface area contributed by atoms with Crippen molar-refractivity contribution in [3.05, 3.63) is 76.1 Å². The van der Waals surface area contributed by atoms with Crippen LogP contribution < -0.4 is 5.32 Å². The van der Waals surface area contributed by atoms with Crippen LogP contribution in [0.5, 0.6) is 0 Å². The molecule has 0 atom stereocenters. The quantitative estimate of drug-likeness (QED) is 0.650. The van der Waals surface area contributed by atoms with E-state index in [1.165, 1.54) is 0 Å². The van der Waals surface area contributed by atoms with Crippen LogP contribution in [0.2, 0.25) is 5.02 Å². The number of rotatable bonds is 6. The van der Waals surface area contributed by atoms with Crippen LogP contribution in [0.25, 0.3) is 0 Å². The summed E-state index contributed by atoms with van der Waals surface area (Å²) in [5, 5.41) is 12.8. The predicted octanol–water partition coefficient (Wildman–Crippen LogP) is 4.00. The first-order valence-electron chi connectivity index (χ1n) is 8.13. The first-order chi connectivity index (χ1) is 12.5. The molecule has 2 aromatic carbocycles. The van der Waals surface area contributed by atoms with E-state index in [1.54, 1.807) is 17.8 Å². The number of aromatic nitrogens is 3. The molecule has 0 aliphatic heterocycles. The maximum absolute atomic E-state index is 12.2. The number of benzene rings is 2. The summed E-state index contributed by atoms with van der Waals surface area (Å²) >= 11 is 7.50. The molecule has 0 spiro atoms. The van der Waals surface area contributed by atoms with E-state index in [0.29, 0.717) is 17.9 Å². The van der Waals surface area contributed by atoms with Crippen molar-refractivity contribution in [3.63, 3.8) is 0 Å². The van der Waals surface area contributed by atoms with Crippen molar-refractivity contribution < 1.29 is 4.79 Å². The fourth-order valence-electron chi connectivity index (χ4n) is 2.40. The molecular formula is C19H19ClN4OS. The fourth-order valence-corrected chi connectivity index (χ4v) is 3.41. The molecule has 0 fully saturated rings. The molecule has 0 saturated heterocycles. The lowest BCUT2D eigenvalue weighted by Crippen LogP contribution is -2.24. The SMILES string of the molecule is Cc1cccc(C(=O)NCc2nnc(SCc3ccc(Cl)cc3)n2C)c1.